The SMILES string of the molecule is COc1cccc(CCNC(=O)c2cc(NCc3ccncc3)nc(C)n2)c1. The van der Waals surface area contributed by atoms with Gasteiger partial charge in [0, 0.05) is 31.5 Å². The van der Waals surface area contributed by atoms with Crippen LogP contribution in [0.3, 0.4) is 0 Å². The molecule has 0 radical (unpaired) electrons. The largest absolute Gasteiger partial charge is 0.497 e. The number of rotatable bonds is 8. The summed E-state index contributed by atoms with van der Waals surface area (Å²) in [5.74, 6) is 1.74. The lowest BCUT2D eigenvalue weighted by Gasteiger charge is -2.10. The fraction of sp³-hybridized carbons (Fsp3) is 0.238. The highest BCUT2D eigenvalue weighted by Crippen LogP contribution is 2.13. The van der Waals surface area contributed by atoms with Crippen molar-refractivity contribution < 1.29 is 9.53 Å². The zero-order valence-corrected chi connectivity index (χ0v) is 16.0. The van der Waals surface area contributed by atoms with Crippen molar-refractivity contribution in [2.75, 3.05) is 19.0 Å². The summed E-state index contributed by atoms with van der Waals surface area (Å²) in [5, 5.41) is 6.13. The van der Waals surface area contributed by atoms with Crippen LogP contribution in [0.4, 0.5) is 5.82 Å². The minimum Gasteiger partial charge on any atom is -0.497 e. The quantitative estimate of drug-likeness (QED) is 0.627. The monoisotopic (exact) mass is 377 g/mol. The van der Waals surface area contributed by atoms with Gasteiger partial charge < -0.3 is 15.4 Å². The number of aromatic nitrogens is 3. The van der Waals surface area contributed by atoms with E-state index >= 15 is 0 Å². The molecule has 0 aliphatic rings. The van der Waals surface area contributed by atoms with Gasteiger partial charge in [0.1, 0.15) is 23.1 Å². The number of aryl methyl sites for hydroxylation is 1. The van der Waals surface area contributed by atoms with Crippen molar-refractivity contribution in [3.8, 4) is 5.75 Å². The minimum atomic E-state index is -0.222. The van der Waals surface area contributed by atoms with Gasteiger partial charge in [0.05, 0.1) is 7.11 Å². The van der Waals surface area contributed by atoms with E-state index in [0.717, 1.165) is 16.9 Å². The topological polar surface area (TPSA) is 89.0 Å². The Balaban J connectivity index is 1.57. The van der Waals surface area contributed by atoms with Crippen LogP contribution in [0, 0.1) is 6.92 Å². The van der Waals surface area contributed by atoms with Gasteiger partial charge in [0.15, 0.2) is 0 Å². The molecule has 0 aliphatic heterocycles. The first-order chi connectivity index (χ1) is 13.6. The third-order valence-corrected chi connectivity index (χ3v) is 4.13. The minimum absolute atomic E-state index is 0.222. The molecule has 0 atom stereocenters. The Morgan fingerprint density at radius 1 is 1.07 bits per heavy atom. The normalized spacial score (nSPS) is 10.4. The molecule has 0 unspecified atom stereocenters. The molecule has 3 aromatic rings. The van der Waals surface area contributed by atoms with Crippen molar-refractivity contribution in [3.63, 3.8) is 0 Å². The fourth-order valence-corrected chi connectivity index (χ4v) is 2.71. The Labute approximate surface area is 164 Å². The zero-order chi connectivity index (χ0) is 19.8. The van der Waals surface area contributed by atoms with Gasteiger partial charge >= 0.3 is 0 Å². The molecule has 0 saturated heterocycles. The number of benzene rings is 1. The third-order valence-electron chi connectivity index (χ3n) is 4.13. The van der Waals surface area contributed by atoms with Crippen molar-refractivity contribution in [2.45, 2.75) is 19.9 Å². The van der Waals surface area contributed by atoms with Crippen molar-refractivity contribution >= 4 is 11.7 Å². The van der Waals surface area contributed by atoms with E-state index in [2.05, 4.69) is 25.6 Å². The van der Waals surface area contributed by atoms with Gasteiger partial charge in [0.25, 0.3) is 5.91 Å². The number of methoxy groups -OCH3 is 1. The van der Waals surface area contributed by atoms with Gasteiger partial charge in [-0.3, -0.25) is 9.78 Å². The molecule has 0 aliphatic carbocycles. The van der Waals surface area contributed by atoms with Crippen molar-refractivity contribution in [1.82, 2.24) is 20.3 Å². The van der Waals surface area contributed by atoms with Gasteiger partial charge in [0.2, 0.25) is 0 Å². The standard InChI is InChI=1S/C21H23N5O2/c1-15-25-19(13-20(26-15)24-14-17-6-9-22-10-7-17)21(27)23-11-8-16-4-3-5-18(12-16)28-2/h3-7,9-10,12-13H,8,11,14H2,1-2H3,(H,23,27)(H,24,25,26). The summed E-state index contributed by atoms with van der Waals surface area (Å²) in [6.07, 6.45) is 4.19. The Morgan fingerprint density at radius 3 is 2.68 bits per heavy atom. The molecule has 0 spiro atoms. The van der Waals surface area contributed by atoms with Crippen LogP contribution in [-0.4, -0.2) is 34.5 Å². The van der Waals surface area contributed by atoms with E-state index in [1.54, 1.807) is 32.5 Å². The van der Waals surface area contributed by atoms with Crippen molar-refractivity contribution in [2.24, 2.45) is 0 Å². The first kappa shape index (κ1) is 19.3. The molecule has 2 heterocycles. The van der Waals surface area contributed by atoms with Crippen LogP contribution in [0.1, 0.15) is 27.4 Å². The molecule has 28 heavy (non-hydrogen) atoms. The maximum absolute atomic E-state index is 12.5. The van der Waals surface area contributed by atoms with Crippen LogP contribution < -0.4 is 15.4 Å². The number of amides is 1. The lowest BCUT2D eigenvalue weighted by molar-refractivity contribution is 0.0949. The van der Waals surface area contributed by atoms with E-state index in [9.17, 15) is 4.79 Å². The second kappa shape index (κ2) is 9.45. The van der Waals surface area contributed by atoms with E-state index in [-0.39, 0.29) is 5.91 Å². The number of carbonyl (C=O) groups is 1. The highest BCUT2D eigenvalue weighted by atomic mass is 16.5. The van der Waals surface area contributed by atoms with Crippen LogP contribution >= 0.6 is 0 Å². The third kappa shape index (κ3) is 5.51. The van der Waals surface area contributed by atoms with E-state index < -0.39 is 0 Å². The maximum Gasteiger partial charge on any atom is 0.270 e. The van der Waals surface area contributed by atoms with E-state index in [4.69, 9.17) is 4.74 Å². The second-order valence-electron chi connectivity index (χ2n) is 6.25. The van der Waals surface area contributed by atoms with Gasteiger partial charge in [-0.25, -0.2) is 9.97 Å². The predicted molar refractivity (Wildman–Crippen MR) is 107 cm³/mol. The van der Waals surface area contributed by atoms with Gasteiger partial charge in [-0.1, -0.05) is 12.1 Å². The number of hydrogen-bond acceptors (Lipinski definition) is 6. The first-order valence-electron chi connectivity index (χ1n) is 9.03. The van der Waals surface area contributed by atoms with E-state index in [0.29, 0.717) is 36.8 Å². The Bertz CT molecular complexity index is 931. The summed E-state index contributed by atoms with van der Waals surface area (Å²) in [6.45, 7) is 2.87. The smallest absolute Gasteiger partial charge is 0.270 e. The highest BCUT2D eigenvalue weighted by Gasteiger charge is 2.10. The summed E-state index contributed by atoms with van der Waals surface area (Å²) < 4.78 is 5.22. The van der Waals surface area contributed by atoms with Crippen LogP contribution in [0.25, 0.3) is 0 Å². The average Bonchev–Trinajstić information content (AvgIpc) is 2.72. The number of hydrogen-bond donors (Lipinski definition) is 2. The summed E-state index contributed by atoms with van der Waals surface area (Å²) in [5.41, 5.74) is 2.52. The van der Waals surface area contributed by atoms with Crippen LogP contribution in [0.5, 0.6) is 5.75 Å². The summed E-state index contributed by atoms with van der Waals surface area (Å²) >= 11 is 0. The molecule has 0 saturated carbocycles. The Hall–Kier alpha value is -3.48. The van der Waals surface area contributed by atoms with Gasteiger partial charge in [-0.2, -0.15) is 0 Å². The zero-order valence-electron chi connectivity index (χ0n) is 16.0. The first-order valence-corrected chi connectivity index (χ1v) is 9.03. The number of anilines is 1. The Morgan fingerprint density at radius 2 is 1.89 bits per heavy atom. The molecule has 1 aromatic carbocycles. The summed E-state index contributed by atoms with van der Waals surface area (Å²) in [6, 6.07) is 13.3. The number of carbonyl (C=O) groups excluding carboxylic acids is 1. The average molecular weight is 377 g/mol. The number of ether oxygens (including phenoxy) is 1. The molecule has 7 nitrogen and oxygen atoms in total. The summed E-state index contributed by atoms with van der Waals surface area (Å²) in [7, 11) is 1.64. The highest BCUT2D eigenvalue weighted by molar-refractivity contribution is 5.92. The van der Waals surface area contributed by atoms with E-state index in [1.165, 1.54) is 0 Å². The van der Waals surface area contributed by atoms with Gasteiger partial charge in [-0.05, 0) is 48.7 Å². The maximum atomic E-state index is 12.5. The van der Waals surface area contributed by atoms with Crippen LogP contribution in [0.2, 0.25) is 0 Å². The molecule has 7 heteroatoms. The summed E-state index contributed by atoms with van der Waals surface area (Å²) in [4.78, 5) is 25.1. The molecule has 3 rings (SSSR count). The number of nitrogens with one attached hydrogen (secondary N) is 2. The predicted octanol–water partition coefficient (Wildman–Crippen LogP) is 2.77. The molecule has 0 fully saturated rings. The number of pyridine rings is 1. The number of nitrogens with zero attached hydrogens (tertiary/aromatic N) is 3. The van der Waals surface area contributed by atoms with Crippen LogP contribution in [-0.2, 0) is 13.0 Å². The molecule has 1 amide bonds. The molecule has 2 N–H and O–H groups in total. The molecular formula is C21H23N5O2. The van der Waals surface area contributed by atoms with Crippen molar-refractivity contribution in [3.05, 3.63) is 77.5 Å². The lowest BCUT2D eigenvalue weighted by atomic mass is 10.1. The van der Waals surface area contributed by atoms with Crippen LogP contribution in [0.15, 0.2) is 54.9 Å². The lowest BCUT2D eigenvalue weighted by Crippen LogP contribution is -2.27. The second-order valence-corrected chi connectivity index (χ2v) is 6.25. The van der Waals surface area contributed by atoms with E-state index in [1.807, 2.05) is 36.4 Å². The van der Waals surface area contributed by atoms with Crippen molar-refractivity contribution in [1.29, 1.82) is 0 Å². The Kier molecular flexibility index (Phi) is 6.51. The molecule has 144 valence electrons. The molecule has 2 aromatic heterocycles. The van der Waals surface area contributed by atoms with Gasteiger partial charge in [-0.15, -0.1) is 0 Å². The molecular weight excluding hydrogens is 354 g/mol. The molecule has 0 bridgehead atoms. The fourth-order valence-electron chi connectivity index (χ4n) is 2.71.